The summed E-state index contributed by atoms with van der Waals surface area (Å²) in [5.74, 6) is 1.09. The number of benzene rings is 1. The molecule has 2 atom stereocenters. The van der Waals surface area contributed by atoms with Crippen molar-refractivity contribution in [3.63, 3.8) is 0 Å². The number of hydrogen-bond acceptors (Lipinski definition) is 5. The van der Waals surface area contributed by atoms with Gasteiger partial charge in [-0.15, -0.1) is 12.4 Å². The van der Waals surface area contributed by atoms with Crippen molar-refractivity contribution in [2.45, 2.75) is 70.8 Å². The largest absolute Gasteiger partial charge is 0.452 e. The fourth-order valence-corrected chi connectivity index (χ4v) is 4.10. The number of nitrogens with zero attached hydrogens (tertiary/aromatic N) is 1. The van der Waals surface area contributed by atoms with E-state index in [2.05, 4.69) is 26.8 Å². The summed E-state index contributed by atoms with van der Waals surface area (Å²) in [6, 6.07) is 5.86. The first-order valence-corrected chi connectivity index (χ1v) is 10.6. The molecular weight excluding hydrogens is 390 g/mol. The molecule has 0 aromatic heterocycles. The van der Waals surface area contributed by atoms with Crippen LogP contribution in [0.5, 0.6) is 5.75 Å². The number of halogens is 1. The fourth-order valence-electron chi connectivity index (χ4n) is 4.10. The second kappa shape index (κ2) is 10.4. The highest BCUT2D eigenvalue weighted by Gasteiger charge is 2.32. The van der Waals surface area contributed by atoms with E-state index >= 15 is 0 Å². The van der Waals surface area contributed by atoms with E-state index < -0.39 is 5.97 Å². The molecule has 1 saturated heterocycles. The maximum Gasteiger partial charge on any atom is 0.349 e. The van der Waals surface area contributed by atoms with Gasteiger partial charge < -0.3 is 9.47 Å². The summed E-state index contributed by atoms with van der Waals surface area (Å²) in [4.78, 5) is 26.8. The lowest BCUT2D eigenvalue weighted by atomic mass is 9.90. The molecular formula is C23H34ClNO4. The van der Waals surface area contributed by atoms with Gasteiger partial charge in [0.15, 0.2) is 6.61 Å². The monoisotopic (exact) mass is 423 g/mol. The summed E-state index contributed by atoms with van der Waals surface area (Å²) >= 11 is 0. The molecule has 1 aromatic rings. The molecule has 1 aliphatic carbocycles. The van der Waals surface area contributed by atoms with E-state index in [0.29, 0.717) is 17.6 Å². The van der Waals surface area contributed by atoms with Crippen LogP contribution in [0.3, 0.4) is 0 Å². The molecule has 1 unspecified atom stereocenters. The topological polar surface area (TPSA) is 55.8 Å². The van der Waals surface area contributed by atoms with Gasteiger partial charge in [-0.2, -0.15) is 0 Å². The van der Waals surface area contributed by atoms with E-state index in [4.69, 9.17) is 9.47 Å². The highest BCUT2D eigenvalue weighted by Crippen LogP contribution is 2.46. The van der Waals surface area contributed by atoms with E-state index in [0.717, 1.165) is 36.9 Å². The Balaban J connectivity index is 0.00000300. The number of carbonyl (C=O) groups is 2. The van der Waals surface area contributed by atoms with E-state index in [1.807, 2.05) is 24.1 Å². The van der Waals surface area contributed by atoms with Gasteiger partial charge in [0.25, 0.3) is 0 Å². The summed E-state index contributed by atoms with van der Waals surface area (Å²) in [5.41, 5.74) is 2.11. The van der Waals surface area contributed by atoms with E-state index in [1.54, 1.807) is 0 Å². The molecule has 2 fully saturated rings. The third-order valence-corrected chi connectivity index (χ3v) is 6.11. The summed E-state index contributed by atoms with van der Waals surface area (Å²) in [6.07, 6.45) is 5.35. The van der Waals surface area contributed by atoms with Crippen molar-refractivity contribution >= 4 is 24.3 Å². The number of hydrogen-bond donors (Lipinski definition) is 0. The van der Waals surface area contributed by atoms with Crippen molar-refractivity contribution in [1.29, 1.82) is 0 Å². The Labute approximate surface area is 180 Å². The van der Waals surface area contributed by atoms with Crippen LogP contribution in [0.1, 0.15) is 75.8 Å². The van der Waals surface area contributed by atoms with Gasteiger partial charge in [0.05, 0.1) is 0 Å². The Morgan fingerprint density at radius 2 is 1.79 bits per heavy atom. The number of likely N-dealkylation sites (N-methyl/N-ethyl adjacent to an activating group) is 1. The molecule has 0 radical (unpaired) electrons. The highest BCUT2D eigenvalue weighted by molar-refractivity contribution is 5.85. The van der Waals surface area contributed by atoms with Crippen LogP contribution in [0.15, 0.2) is 18.2 Å². The van der Waals surface area contributed by atoms with Crippen molar-refractivity contribution in [3.8, 4) is 5.75 Å². The number of esters is 2. The van der Waals surface area contributed by atoms with Gasteiger partial charge in [-0.3, -0.25) is 9.69 Å². The quantitative estimate of drug-likeness (QED) is 0.470. The molecule has 29 heavy (non-hydrogen) atoms. The van der Waals surface area contributed by atoms with Crippen molar-refractivity contribution in [2.75, 3.05) is 20.2 Å². The van der Waals surface area contributed by atoms with Crippen molar-refractivity contribution in [2.24, 2.45) is 5.92 Å². The first-order valence-electron chi connectivity index (χ1n) is 10.6. The van der Waals surface area contributed by atoms with Gasteiger partial charge >= 0.3 is 11.9 Å². The zero-order chi connectivity index (χ0) is 20.3. The summed E-state index contributed by atoms with van der Waals surface area (Å²) < 4.78 is 11.1. The first kappa shape index (κ1) is 23.7. The number of piperidine rings is 1. The zero-order valence-electron chi connectivity index (χ0n) is 18.0. The third-order valence-electron chi connectivity index (χ3n) is 6.11. The SMILES string of the molecule is CC(C)c1cccc([C@H](C)C2CC2)c1OC(=O)COC(=O)C1CCCCN1C.Cl. The van der Waals surface area contributed by atoms with Crippen LogP contribution >= 0.6 is 12.4 Å². The van der Waals surface area contributed by atoms with Gasteiger partial charge in [-0.05, 0) is 68.2 Å². The van der Waals surface area contributed by atoms with E-state index in [-0.39, 0.29) is 36.9 Å². The Morgan fingerprint density at radius 1 is 1.10 bits per heavy atom. The maximum atomic E-state index is 12.5. The molecule has 1 aromatic carbocycles. The van der Waals surface area contributed by atoms with Crippen LogP contribution in [0.25, 0.3) is 0 Å². The Bertz CT molecular complexity index is 717. The minimum atomic E-state index is -0.510. The van der Waals surface area contributed by atoms with Crippen LogP contribution in [0.2, 0.25) is 0 Å². The number of likely N-dealkylation sites (tertiary alicyclic amines) is 1. The molecule has 1 heterocycles. The molecule has 3 rings (SSSR count). The first-order chi connectivity index (χ1) is 13.4. The van der Waals surface area contributed by atoms with E-state index in [9.17, 15) is 9.59 Å². The van der Waals surface area contributed by atoms with Gasteiger partial charge in [0.1, 0.15) is 11.8 Å². The molecule has 0 bridgehead atoms. The van der Waals surface area contributed by atoms with Gasteiger partial charge in [-0.1, -0.05) is 45.4 Å². The van der Waals surface area contributed by atoms with Crippen LogP contribution in [0.4, 0.5) is 0 Å². The summed E-state index contributed by atoms with van der Waals surface area (Å²) in [6.45, 7) is 6.93. The standard InChI is InChI=1S/C23H33NO4.ClH/c1-15(2)18-8-7-9-19(16(3)17-11-12-17)22(18)28-21(25)14-27-23(26)20-10-5-6-13-24(20)4;/h7-9,15-17,20H,5-6,10-14H2,1-4H3;1H/t16-,20?;/m1./s1. The normalized spacial score (nSPS) is 20.7. The predicted molar refractivity (Wildman–Crippen MR) is 116 cm³/mol. The molecule has 1 saturated carbocycles. The zero-order valence-corrected chi connectivity index (χ0v) is 18.8. The third kappa shape index (κ3) is 5.95. The smallest absolute Gasteiger partial charge is 0.349 e. The lowest BCUT2D eigenvalue weighted by molar-refractivity contribution is -0.158. The Morgan fingerprint density at radius 3 is 2.41 bits per heavy atom. The van der Waals surface area contributed by atoms with Crippen LogP contribution < -0.4 is 4.74 Å². The second-order valence-electron chi connectivity index (χ2n) is 8.62. The van der Waals surface area contributed by atoms with Crippen molar-refractivity contribution in [1.82, 2.24) is 4.90 Å². The van der Waals surface area contributed by atoms with Crippen LogP contribution in [-0.2, 0) is 14.3 Å². The average molecular weight is 424 g/mol. The summed E-state index contributed by atoms with van der Waals surface area (Å²) in [7, 11) is 1.92. The average Bonchev–Trinajstić information content (AvgIpc) is 3.51. The van der Waals surface area contributed by atoms with Gasteiger partial charge in [0.2, 0.25) is 0 Å². The lowest BCUT2D eigenvalue weighted by Crippen LogP contribution is -2.43. The number of carbonyl (C=O) groups excluding carboxylic acids is 2. The van der Waals surface area contributed by atoms with Crippen LogP contribution in [0, 0.1) is 5.92 Å². The van der Waals surface area contributed by atoms with E-state index in [1.165, 1.54) is 12.8 Å². The maximum absolute atomic E-state index is 12.5. The molecule has 0 N–H and O–H groups in total. The molecule has 0 spiro atoms. The number of ether oxygens (including phenoxy) is 2. The molecule has 2 aliphatic rings. The Kier molecular flexibility index (Phi) is 8.53. The predicted octanol–water partition coefficient (Wildman–Crippen LogP) is 4.68. The van der Waals surface area contributed by atoms with Crippen molar-refractivity contribution in [3.05, 3.63) is 29.3 Å². The summed E-state index contributed by atoms with van der Waals surface area (Å²) in [5, 5.41) is 0. The molecule has 1 aliphatic heterocycles. The van der Waals surface area contributed by atoms with Crippen LogP contribution in [-0.4, -0.2) is 43.1 Å². The molecule has 162 valence electrons. The number of rotatable bonds is 7. The van der Waals surface area contributed by atoms with Gasteiger partial charge in [0, 0.05) is 0 Å². The minimum Gasteiger partial charge on any atom is -0.452 e. The second-order valence-corrected chi connectivity index (χ2v) is 8.62. The lowest BCUT2D eigenvalue weighted by Gasteiger charge is -2.30. The molecule has 6 heteroatoms. The number of para-hydroxylation sites is 1. The molecule has 0 amide bonds. The molecule has 5 nitrogen and oxygen atoms in total. The fraction of sp³-hybridized carbons (Fsp3) is 0.652. The van der Waals surface area contributed by atoms with Crippen molar-refractivity contribution < 1.29 is 19.1 Å². The highest BCUT2D eigenvalue weighted by atomic mass is 35.5. The Hall–Kier alpha value is -1.59. The van der Waals surface area contributed by atoms with Gasteiger partial charge in [-0.25, -0.2) is 4.79 Å². The minimum absolute atomic E-state index is 0.